The van der Waals surface area contributed by atoms with Crippen molar-refractivity contribution in [2.24, 2.45) is 0 Å². The highest BCUT2D eigenvalue weighted by Crippen LogP contribution is 2.23. The molecule has 1 heterocycles. The summed E-state index contributed by atoms with van der Waals surface area (Å²) in [4.78, 5) is 8.95. The molecule has 3 aromatic rings. The van der Waals surface area contributed by atoms with Crippen molar-refractivity contribution < 1.29 is 0 Å². The molecular formula is C17H16N2. The van der Waals surface area contributed by atoms with Gasteiger partial charge in [0.2, 0.25) is 0 Å². The van der Waals surface area contributed by atoms with E-state index in [0.717, 1.165) is 17.1 Å². The van der Waals surface area contributed by atoms with Crippen molar-refractivity contribution >= 4 is 10.8 Å². The van der Waals surface area contributed by atoms with Gasteiger partial charge in [-0.2, -0.15) is 0 Å². The third-order valence-electron chi connectivity index (χ3n) is 3.24. The summed E-state index contributed by atoms with van der Waals surface area (Å²) >= 11 is 0. The molecule has 0 spiro atoms. The van der Waals surface area contributed by atoms with Gasteiger partial charge in [0, 0.05) is 17.7 Å². The highest BCUT2D eigenvalue weighted by molar-refractivity contribution is 5.86. The lowest BCUT2D eigenvalue weighted by atomic mass is 10.0. The number of rotatable bonds is 2. The van der Waals surface area contributed by atoms with Crippen molar-refractivity contribution in [1.29, 1.82) is 0 Å². The lowest BCUT2D eigenvalue weighted by molar-refractivity contribution is 0.776. The van der Waals surface area contributed by atoms with Crippen LogP contribution in [0.25, 0.3) is 22.0 Å². The minimum Gasteiger partial charge on any atom is -0.241 e. The van der Waals surface area contributed by atoms with Gasteiger partial charge in [0.1, 0.15) is 5.82 Å². The number of hydrogen-bond donors (Lipinski definition) is 0. The van der Waals surface area contributed by atoms with Gasteiger partial charge in [-0.3, -0.25) is 0 Å². The van der Waals surface area contributed by atoms with Crippen LogP contribution >= 0.6 is 0 Å². The Morgan fingerprint density at radius 1 is 0.895 bits per heavy atom. The summed E-state index contributed by atoms with van der Waals surface area (Å²) in [6, 6.07) is 16.8. The maximum absolute atomic E-state index is 4.64. The number of aromatic nitrogens is 2. The molecule has 2 aromatic carbocycles. The fraction of sp³-hybridized carbons (Fsp3) is 0.176. The van der Waals surface area contributed by atoms with Crippen LogP contribution in [0.4, 0.5) is 0 Å². The van der Waals surface area contributed by atoms with Crippen LogP contribution in [-0.2, 0) is 0 Å². The topological polar surface area (TPSA) is 25.8 Å². The van der Waals surface area contributed by atoms with Gasteiger partial charge in [-0.1, -0.05) is 50.2 Å². The molecule has 0 amide bonds. The molecule has 2 nitrogen and oxygen atoms in total. The minimum absolute atomic E-state index is 0.348. The lowest BCUT2D eigenvalue weighted by Crippen LogP contribution is -1.97. The highest BCUT2D eigenvalue weighted by atomic mass is 14.9. The zero-order valence-corrected chi connectivity index (χ0v) is 11.2. The molecule has 0 aliphatic carbocycles. The summed E-state index contributed by atoms with van der Waals surface area (Å²) in [5.74, 6) is 1.24. The van der Waals surface area contributed by atoms with E-state index in [1.54, 1.807) is 0 Å². The van der Waals surface area contributed by atoms with Crippen LogP contribution in [0.3, 0.4) is 0 Å². The SMILES string of the molecule is CC(C)c1nccc(-c2ccc3ccccc3c2)n1. The van der Waals surface area contributed by atoms with Crippen LogP contribution in [0.1, 0.15) is 25.6 Å². The Balaban J connectivity index is 2.11. The lowest BCUT2D eigenvalue weighted by Gasteiger charge is -2.07. The van der Waals surface area contributed by atoms with Crippen molar-refractivity contribution in [2.45, 2.75) is 19.8 Å². The summed E-state index contributed by atoms with van der Waals surface area (Å²) < 4.78 is 0. The number of hydrogen-bond acceptors (Lipinski definition) is 2. The summed E-state index contributed by atoms with van der Waals surface area (Å²) in [7, 11) is 0. The van der Waals surface area contributed by atoms with E-state index >= 15 is 0 Å². The van der Waals surface area contributed by atoms with Gasteiger partial charge in [0.15, 0.2) is 0 Å². The van der Waals surface area contributed by atoms with E-state index in [4.69, 9.17) is 0 Å². The van der Waals surface area contributed by atoms with Crippen LogP contribution in [0, 0.1) is 0 Å². The van der Waals surface area contributed by atoms with E-state index in [1.165, 1.54) is 10.8 Å². The Labute approximate surface area is 113 Å². The van der Waals surface area contributed by atoms with Crippen LogP contribution < -0.4 is 0 Å². The van der Waals surface area contributed by atoms with Crippen LogP contribution in [-0.4, -0.2) is 9.97 Å². The molecule has 2 heteroatoms. The molecule has 94 valence electrons. The summed E-state index contributed by atoms with van der Waals surface area (Å²) in [6.45, 7) is 4.22. The van der Waals surface area contributed by atoms with Crippen molar-refractivity contribution in [3.63, 3.8) is 0 Å². The molecule has 0 N–H and O–H groups in total. The molecule has 0 fully saturated rings. The molecule has 0 saturated heterocycles. The van der Waals surface area contributed by atoms with E-state index in [-0.39, 0.29) is 0 Å². The molecule has 0 unspecified atom stereocenters. The van der Waals surface area contributed by atoms with E-state index in [9.17, 15) is 0 Å². The first-order valence-electron chi connectivity index (χ1n) is 6.56. The first-order valence-corrected chi connectivity index (χ1v) is 6.56. The van der Waals surface area contributed by atoms with Crippen molar-refractivity contribution in [3.8, 4) is 11.3 Å². The smallest absolute Gasteiger partial charge is 0.131 e. The largest absolute Gasteiger partial charge is 0.241 e. The third kappa shape index (κ3) is 2.34. The van der Waals surface area contributed by atoms with Crippen molar-refractivity contribution in [3.05, 3.63) is 60.6 Å². The van der Waals surface area contributed by atoms with Gasteiger partial charge >= 0.3 is 0 Å². The summed E-state index contributed by atoms with van der Waals surface area (Å²) in [5, 5.41) is 2.49. The van der Waals surface area contributed by atoms with E-state index in [1.807, 2.05) is 12.3 Å². The zero-order valence-electron chi connectivity index (χ0n) is 11.2. The second-order valence-corrected chi connectivity index (χ2v) is 5.02. The first-order chi connectivity index (χ1) is 9.24. The maximum atomic E-state index is 4.64. The molecule has 3 rings (SSSR count). The van der Waals surface area contributed by atoms with E-state index in [2.05, 4.69) is 66.3 Å². The number of nitrogens with zero attached hydrogens (tertiary/aromatic N) is 2. The zero-order chi connectivity index (χ0) is 13.2. The predicted octanol–water partition coefficient (Wildman–Crippen LogP) is 4.42. The Bertz CT molecular complexity index is 717. The average molecular weight is 248 g/mol. The van der Waals surface area contributed by atoms with E-state index < -0.39 is 0 Å². The Morgan fingerprint density at radius 3 is 2.47 bits per heavy atom. The molecule has 0 bridgehead atoms. The normalized spacial score (nSPS) is 11.1. The fourth-order valence-electron chi connectivity index (χ4n) is 2.16. The first kappa shape index (κ1) is 11.8. The van der Waals surface area contributed by atoms with Crippen LogP contribution in [0.5, 0.6) is 0 Å². The second-order valence-electron chi connectivity index (χ2n) is 5.02. The standard InChI is InChI=1S/C17H16N2/c1-12(2)17-18-10-9-16(19-17)15-8-7-13-5-3-4-6-14(13)11-15/h3-12H,1-2H3. The molecule has 0 aliphatic rings. The Kier molecular flexibility index (Phi) is 3.00. The van der Waals surface area contributed by atoms with Gasteiger partial charge < -0.3 is 0 Å². The fourth-order valence-corrected chi connectivity index (χ4v) is 2.16. The van der Waals surface area contributed by atoms with E-state index in [0.29, 0.717) is 5.92 Å². The van der Waals surface area contributed by atoms with Gasteiger partial charge in [0.25, 0.3) is 0 Å². The monoisotopic (exact) mass is 248 g/mol. The summed E-state index contributed by atoms with van der Waals surface area (Å²) in [5.41, 5.74) is 2.13. The maximum Gasteiger partial charge on any atom is 0.131 e. The van der Waals surface area contributed by atoms with Gasteiger partial charge in [-0.15, -0.1) is 0 Å². The number of fused-ring (bicyclic) bond motifs is 1. The predicted molar refractivity (Wildman–Crippen MR) is 79.1 cm³/mol. The van der Waals surface area contributed by atoms with Gasteiger partial charge in [-0.05, 0) is 22.9 Å². The quantitative estimate of drug-likeness (QED) is 0.671. The molecule has 1 aromatic heterocycles. The van der Waals surface area contributed by atoms with Crippen LogP contribution in [0.15, 0.2) is 54.7 Å². The summed E-state index contributed by atoms with van der Waals surface area (Å²) in [6.07, 6.45) is 1.84. The highest BCUT2D eigenvalue weighted by Gasteiger charge is 2.06. The van der Waals surface area contributed by atoms with Crippen molar-refractivity contribution in [2.75, 3.05) is 0 Å². The van der Waals surface area contributed by atoms with Gasteiger partial charge in [-0.25, -0.2) is 9.97 Å². The second kappa shape index (κ2) is 4.81. The molecule has 0 saturated carbocycles. The van der Waals surface area contributed by atoms with Crippen molar-refractivity contribution in [1.82, 2.24) is 9.97 Å². The minimum atomic E-state index is 0.348. The Hall–Kier alpha value is -2.22. The average Bonchev–Trinajstić information content (AvgIpc) is 2.47. The molecule has 0 aliphatic heterocycles. The molecule has 0 atom stereocenters. The molecule has 19 heavy (non-hydrogen) atoms. The molecule has 0 radical (unpaired) electrons. The molecular weight excluding hydrogens is 232 g/mol. The van der Waals surface area contributed by atoms with Crippen LogP contribution in [0.2, 0.25) is 0 Å². The van der Waals surface area contributed by atoms with Gasteiger partial charge in [0.05, 0.1) is 5.69 Å². The number of benzene rings is 2. The Morgan fingerprint density at radius 2 is 1.68 bits per heavy atom. The third-order valence-corrected chi connectivity index (χ3v) is 3.24.